The molecule has 88 valence electrons. The Balaban J connectivity index is 2.40. The SMILES string of the molecule is Cc1cc(Br)cn(Cc2cc(Cl)ccn2)c1=O. The number of hydrogen-bond acceptors (Lipinski definition) is 2. The molecule has 0 amide bonds. The molecule has 5 heteroatoms. The smallest absolute Gasteiger partial charge is 0.253 e. The first-order valence-corrected chi connectivity index (χ1v) is 6.20. The van der Waals surface area contributed by atoms with E-state index < -0.39 is 0 Å². The molecule has 0 aliphatic heterocycles. The van der Waals surface area contributed by atoms with E-state index in [9.17, 15) is 4.79 Å². The van der Waals surface area contributed by atoms with Crippen LogP contribution in [0, 0.1) is 6.92 Å². The summed E-state index contributed by atoms with van der Waals surface area (Å²) in [5.74, 6) is 0. The highest BCUT2D eigenvalue weighted by Crippen LogP contribution is 2.11. The van der Waals surface area contributed by atoms with Gasteiger partial charge in [0.25, 0.3) is 5.56 Å². The van der Waals surface area contributed by atoms with Gasteiger partial charge in [0.15, 0.2) is 0 Å². The first-order chi connectivity index (χ1) is 8.06. The second-order valence-corrected chi connectivity index (χ2v) is 5.09. The lowest BCUT2D eigenvalue weighted by Crippen LogP contribution is -2.22. The molecule has 0 N–H and O–H groups in total. The van der Waals surface area contributed by atoms with Crippen LogP contribution < -0.4 is 5.56 Å². The van der Waals surface area contributed by atoms with Crippen LogP contribution in [0.3, 0.4) is 0 Å². The summed E-state index contributed by atoms with van der Waals surface area (Å²) < 4.78 is 2.48. The lowest BCUT2D eigenvalue weighted by Gasteiger charge is -2.07. The molecule has 2 aromatic heterocycles. The van der Waals surface area contributed by atoms with Crippen LogP contribution >= 0.6 is 27.5 Å². The molecule has 0 aromatic carbocycles. The van der Waals surface area contributed by atoms with Gasteiger partial charge in [0.05, 0.1) is 12.2 Å². The normalized spacial score (nSPS) is 10.5. The van der Waals surface area contributed by atoms with Crippen molar-refractivity contribution < 1.29 is 0 Å². The van der Waals surface area contributed by atoms with E-state index in [4.69, 9.17) is 11.6 Å². The van der Waals surface area contributed by atoms with Gasteiger partial charge in [-0.3, -0.25) is 9.78 Å². The third kappa shape index (κ3) is 2.96. The molecule has 0 spiro atoms. The molecule has 0 bridgehead atoms. The van der Waals surface area contributed by atoms with Crippen LogP contribution in [0.2, 0.25) is 5.02 Å². The Morgan fingerprint density at radius 3 is 2.94 bits per heavy atom. The van der Waals surface area contributed by atoms with Gasteiger partial charge in [-0.2, -0.15) is 0 Å². The van der Waals surface area contributed by atoms with Gasteiger partial charge < -0.3 is 4.57 Å². The maximum Gasteiger partial charge on any atom is 0.253 e. The summed E-state index contributed by atoms with van der Waals surface area (Å²) in [6.07, 6.45) is 3.38. The lowest BCUT2D eigenvalue weighted by atomic mass is 10.3. The van der Waals surface area contributed by atoms with Crippen LogP contribution in [-0.2, 0) is 6.54 Å². The van der Waals surface area contributed by atoms with Gasteiger partial charge in [0.2, 0.25) is 0 Å². The van der Waals surface area contributed by atoms with Crippen molar-refractivity contribution in [2.75, 3.05) is 0 Å². The van der Waals surface area contributed by atoms with E-state index >= 15 is 0 Å². The summed E-state index contributed by atoms with van der Waals surface area (Å²) in [7, 11) is 0. The van der Waals surface area contributed by atoms with E-state index in [0.717, 1.165) is 10.2 Å². The Morgan fingerprint density at radius 2 is 2.24 bits per heavy atom. The minimum Gasteiger partial charge on any atom is -0.308 e. The standard InChI is InChI=1S/C12H10BrClN2O/c1-8-4-9(13)6-16(12(8)17)7-11-5-10(14)2-3-15-11/h2-6H,7H2,1H3. The molecule has 2 rings (SSSR count). The van der Waals surface area contributed by atoms with E-state index in [1.165, 1.54) is 0 Å². The fourth-order valence-corrected chi connectivity index (χ4v) is 2.34. The van der Waals surface area contributed by atoms with E-state index in [-0.39, 0.29) is 5.56 Å². The molecule has 0 aliphatic carbocycles. The Hall–Kier alpha value is -1.13. The molecule has 17 heavy (non-hydrogen) atoms. The number of pyridine rings is 2. The van der Waals surface area contributed by atoms with Crippen LogP contribution in [0.4, 0.5) is 0 Å². The molecule has 3 nitrogen and oxygen atoms in total. The molecule has 0 fully saturated rings. The first-order valence-electron chi connectivity index (χ1n) is 5.03. The Kier molecular flexibility index (Phi) is 3.64. The Labute approximate surface area is 112 Å². The van der Waals surface area contributed by atoms with Crippen molar-refractivity contribution in [3.63, 3.8) is 0 Å². The van der Waals surface area contributed by atoms with Crippen LogP contribution in [0.15, 0.2) is 39.9 Å². The van der Waals surface area contributed by atoms with Gasteiger partial charge in [-0.15, -0.1) is 0 Å². The third-order valence-electron chi connectivity index (χ3n) is 2.34. The maximum absolute atomic E-state index is 11.9. The van der Waals surface area contributed by atoms with Gasteiger partial charge in [0.1, 0.15) is 0 Å². The summed E-state index contributed by atoms with van der Waals surface area (Å²) in [6, 6.07) is 5.26. The van der Waals surface area contributed by atoms with Gasteiger partial charge in [-0.25, -0.2) is 0 Å². The zero-order chi connectivity index (χ0) is 12.4. The lowest BCUT2D eigenvalue weighted by molar-refractivity contribution is 0.730. The Bertz CT molecular complexity index is 610. The van der Waals surface area contributed by atoms with Crippen molar-refractivity contribution in [2.45, 2.75) is 13.5 Å². The molecule has 0 unspecified atom stereocenters. The quantitative estimate of drug-likeness (QED) is 0.854. The molecule has 2 aromatic rings. The van der Waals surface area contributed by atoms with Crippen molar-refractivity contribution >= 4 is 27.5 Å². The minimum atomic E-state index is -0.0185. The fraction of sp³-hybridized carbons (Fsp3) is 0.167. The molecule has 0 atom stereocenters. The van der Waals surface area contributed by atoms with Gasteiger partial charge in [-0.1, -0.05) is 11.6 Å². The van der Waals surface area contributed by atoms with E-state index in [1.807, 2.05) is 0 Å². The highest BCUT2D eigenvalue weighted by Gasteiger charge is 2.04. The molecule has 0 aliphatic rings. The second kappa shape index (κ2) is 5.02. The maximum atomic E-state index is 11.9. The van der Waals surface area contributed by atoms with E-state index in [0.29, 0.717) is 17.1 Å². The van der Waals surface area contributed by atoms with Crippen LogP contribution in [0.1, 0.15) is 11.3 Å². The minimum absolute atomic E-state index is 0.0185. The summed E-state index contributed by atoms with van der Waals surface area (Å²) in [5.41, 5.74) is 1.44. The predicted octanol–water partition coefficient (Wildman–Crippen LogP) is 3.02. The third-order valence-corrected chi connectivity index (χ3v) is 3.01. The van der Waals surface area contributed by atoms with Crippen LogP contribution in [-0.4, -0.2) is 9.55 Å². The average molecular weight is 314 g/mol. The number of halogens is 2. The molecule has 0 saturated carbocycles. The van der Waals surface area contributed by atoms with Gasteiger partial charge in [-0.05, 0) is 41.1 Å². The molecular weight excluding hydrogens is 304 g/mol. The molecular formula is C12H10BrClN2O. The molecule has 2 heterocycles. The van der Waals surface area contributed by atoms with Crippen molar-refractivity contribution in [2.24, 2.45) is 0 Å². The Morgan fingerprint density at radius 1 is 1.47 bits per heavy atom. The second-order valence-electron chi connectivity index (χ2n) is 3.74. The zero-order valence-corrected chi connectivity index (χ0v) is 11.5. The summed E-state index contributed by atoms with van der Waals surface area (Å²) in [5, 5.41) is 0.620. The van der Waals surface area contributed by atoms with E-state index in [2.05, 4.69) is 20.9 Å². The van der Waals surface area contributed by atoms with Gasteiger partial charge >= 0.3 is 0 Å². The number of aryl methyl sites for hydroxylation is 1. The highest BCUT2D eigenvalue weighted by atomic mass is 79.9. The largest absolute Gasteiger partial charge is 0.308 e. The number of aromatic nitrogens is 2. The first kappa shape index (κ1) is 12.3. The number of rotatable bonds is 2. The van der Waals surface area contributed by atoms with Crippen molar-refractivity contribution in [3.05, 3.63) is 61.7 Å². The van der Waals surface area contributed by atoms with Crippen molar-refractivity contribution in [1.29, 1.82) is 0 Å². The van der Waals surface area contributed by atoms with Gasteiger partial charge in [0, 0.05) is 27.5 Å². The van der Waals surface area contributed by atoms with Crippen LogP contribution in [0.25, 0.3) is 0 Å². The fourth-order valence-electron chi connectivity index (χ4n) is 1.57. The monoisotopic (exact) mass is 312 g/mol. The zero-order valence-electron chi connectivity index (χ0n) is 9.15. The summed E-state index contributed by atoms with van der Waals surface area (Å²) in [6.45, 7) is 2.20. The molecule has 0 saturated heterocycles. The number of hydrogen-bond donors (Lipinski definition) is 0. The predicted molar refractivity (Wildman–Crippen MR) is 71.5 cm³/mol. The number of nitrogens with zero attached hydrogens (tertiary/aromatic N) is 2. The molecule has 0 radical (unpaired) electrons. The highest BCUT2D eigenvalue weighted by molar-refractivity contribution is 9.10. The van der Waals surface area contributed by atoms with Crippen molar-refractivity contribution in [3.8, 4) is 0 Å². The summed E-state index contributed by atoms with van der Waals surface area (Å²) in [4.78, 5) is 16.1. The topological polar surface area (TPSA) is 34.9 Å². The van der Waals surface area contributed by atoms with E-state index in [1.54, 1.807) is 42.1 Å². The van der Waals surface area contributed by atoms with Crippen molar-refractivity contribution in [1.82, 2.24) is 9.55 Å². The summed E-state index contributed by atoms with van der Waals surface area (Å²) >= 11 is 9.25. The average Bonchev–Trinajstić information content (AvgIpc) is 2.25. The van der Waals surface area contributed by atoms with Crippen LogP contribution in [0.5, 0.6) is 0 Å².